The third-order valence-corrected chi connectivity index (χ3v) is 2.10. The number of hydrogen-bond donors (Lipinski definition) is 0. The van der Waals surface area contributed by atoms with Crippen LogP contribution < -0.4 is 5.73 Å². The van der Waals surface area contributed by atoms with Crippen molar-refractivity contribution in [2.75, 3.05) is 6.26 Å². The molecule has 4 nitrogen and oxygen atoms in total. The smallest absolute Gasteiger partial charge is 0.192 e. The second kappa shape index (κ2) is 2.50. The quantitative estimate of drug-likeness (QED) is 0.614. The van der Waals surface area contributed by atoms with Crippen LogP contribution in [0.3, 0.4) is 0 Å². The summed E-state index contributed by atoms with van der Waals surface area (Å²) in [5, 5.41) is -0.0509. The predicted molar refractivity (Wildman–Crippen MR) is 40.1 cm³/mol. The van der Waals surface area contributed by atoms with E-state index < -0.39 is 9.84 Å². The molecule has 59 valence electrons. The Morgan fingerprint density at radius 1 is 1.55 bits per heavy atom. The van der Waals surface area contributed by atoms with Gasteiger partial charge in [0.25, 0.3) is 0 Å². The maximum atomic E-state index is 10.8. The lowest BCUT2D eigenvalue weighted by molar-refractivity contribution is 0.598. The van der Waals surface area contributed by atoms with E-state index in [1.165, 1.54) is 18.3 Å². The largest absolute Gasteiger partial charge is 0.301 e. The fourth-order valence-corrected chi connectivity index (χ4v) is 1.21. The molecule has 1 rings (SSSR count). The molecule has 1 aromatic rings. The van der Waals surface area contributed by atoms with Crippen molar-refractivity contribution in [3.8, 4) is 0 Å². The van der Waals surface area contributed by atoms with Gasteiger partial charge in [0.15, 0.2) is 14.9 Å². The highest BCUT2D eigenvalue weighted by molar-refractivity contribution is 7.90. The van der Waals surface area contributed by atoms with E-state index in [1.54, 1.807) is 0 Å². The Bertz CT molecular complexity index is 359. The number of pyridine rings is 1. The van der Waals surface area contributed by atoms with Crippen molar-refractivity contribution in [1.29, 1.82) is 0 Å². The average molecular weight is 171 g/mol. The van der Waals surface area contributed by atoms with Gasteiger partial charge in [-0.05, 0) is 6.07 Å². The van der Waals surface area contributed by atoms with Gasteiger partial charge in [-0.25, -0.2) is 13.4 Å². The van der Waals surface area contributed by atoms with Crippen LogP contribution in [0.15, 0.2) is 23.4 Å². The molecule has 1 heterocycles. The summed E-state index contributed by atoms with van der Waals surface area (Å²) in [5.74, 6) is 0. The Balaban J connectivity index is 3.28. The van der Waals surface area contributed by atoms with Crippen LogP contribution >= 0.6 is 0 Å². The molecule has 1 radical (unpaired) electrons. The monoisotopic (exact) mass is 171 g/mol. The summed E-state index contributed by atoms with van der Waals surface area (Å²) in [6.45, 7) is 0. The van der Waals surface area contributed by atoms with Gasteiger partial charge in [-0.3, -0.25) is 0 Å². The molecule has 5 heteroatoms. The molecule has 0 aromatic carbocycles. The summed E-state index contributed by atoms with van der Waals surface area (Å²) in [7, 11) is -3.26. The lowest BCUT2D eigenvalue weighted by atomic mass is 10.4. The molecule has 1 aromatic heterocycles. The van der Waals surface area contributed by atoms with Gasteiger partial charge in [0.2, 0.25) is 0 Å². The van der Waals surface area contributed by atoms with E-state index in [4.69, 9.17) is 5.73 Å². The number of rotatable bonds is 1. The van der Waals surface area contributed by atoms with Gasteiger partial charge in [-0.2, -0.15) is 0 Å². The molecule has 0 aliphatic heterocycles. The van der Waals surface area contributed by atoms with Crippen molar-refractivity contribution in [3.63, 3.8) is 0 Å². The van der Waals surface area contributed by atoms with Crippen LogP contribution in [0.5, 0.6) is 0 Å². The third kappa shape index (κ3) is 1.91. The number of sulfone groups is 1. The van der Waals surface area contributed by atoms with Gasteiger partial charge < -0.3 is 5.73 Å². The highest BCUT2D eigenvalue weighted by Gasteiger charge is 2.07. The summed E-state index contributed by atoms with van der Waals surface area (Å²) in [4.78, 5) is 3.60. The summed E-state index contributed by atoms with van der Waals surface area (Å²) in [6.07, 6.45) is 2.37. The fourth-order valence-electron chi connectivity index (χ4n) is 0.612. The van der Waals surface area contributed by atoms with Crippen LogP contribution in [0.2, 0.25) is 0 Å². The van der Waals surface area contributed by atoms with Gasteiger partial charge in [0, 0.05) is 18.5 Å². The standard InChI is InChI=1S/C6H7N2O2S/c1-11(9,10)6-4-5(7)2-3-8-6/h2-4,7H,1H3. The average Bonchev–Trinajstić information content (AvgIpc) is 1.86. The Kier molecular flexibility index (Phi) is 1.82. The zero-order valence-corrected chi connectivity index (χ0v) is 6.72. The van der Waals surface area contributed by atoms with E-state index in [0.717, 1.165) is 6.26 Å². The molecular formula is C6H7N2O2S. The van der Waals surface area contributed by atoms with Crippen molar-refractivity contribution < 1.29 is 8.42 Å². The Hall–Kier alpha value is -1.10. The first-order valence-electron chi connectivity index (χ1n) is 2.88. The summed E-state index contributed by atoms with van der Waals surface area (Å²) in [6, 6.07) is 2.64. The van der Waals surface area contributed by atoms with Gasteiger partial charge in [-0.15, -0.1) is 0 Å². The fraction of sp³-hybridized carbons (Fsp3) is 0.167. The molecule has 11 heavy (non-hydrogen) atoms. The first-order valence-corrected chi connectivity index (χ1v) is 4.77. The van der Waals surface area contributed by atoms with Crippen LogP contribution in [0.4, 0.5) is 5.69 Å². The number of nitrogens with one attached hydrogen (secondary N) is 1. The van der Waals surface area contributed by atoms with E-state index >= 15 is 0 Å². The molecule has 0 saturated carbocycles. The molecule has 0 amide bonds. The van der Waals surface area contributed by atoms with E-state index in [-0.39, 0.29) is 10.7 Å². The van der Waals surface area contributed by atoms with Crippen molar-refractivity contribution in [1.82, 2.24) is 10.7 Å². The minimum Gasteiger partial charge on any atom is -0.301 e. The summed E-state index contributed by atoms with van der Waals surface area (Å²) < 4.78 is 21.7. The van der Waals surface area contributed by atoms with E-state index in [9.17, 15) is 8.42 Å². The van der Waals surface area contributed by atoms with Crippen LogP contribution in [-0.4, -0.2) is 19.7 Å². The Morgan fingerprint density at radius 3 is 2.55 bits per heavy atom. The van der Waals surface area contributed by atoms with Gasteiger partial charge in [-0.1, -0.05) is 0 Å². The zero-order chi connectivity index (χ0) is 8.48. The molecule has 0 aliphatic carbocycles. The second-order valence-electron chi connectivity index (χ2n) is 2.15. The highest BCUT2D eigenvalue weighted by Crippen LogP contribution is 2.09. The van der Waals surface area contributed by atoms with Crippen LogP contribution in [-0.2, 0) is 9.84 Å². The van der Waals surface area contributed by atoms with Gasteiger partial charge in [0.05, 0.1) is 5.69 Å². The molecule has 1 N–H and O–H groups in total. The van der Waals surface area contributed by atoms with Crippen molar-refractivity contribution >= 4 is 15.5 Å². The predicted octanol–water partition coefficient (Wildman–Crippen LogP) is 0.400. The molecule has 0 atom stereocenters. The lowest BCUT2D eigenvalue weighted by Gasteiger charge is -1.95. The number of nitrogens with zero attached hydrogens (tertiary/aromatic N) is 1. The maximum absolute atomic E-state index is 10.8. The zero-order valence-electron chi connectivity index (χ0n) is 5.90. The second-order valence-corrected chi connectivity index (χ2v) is 4.12. The molecule has 0 fully saturated rings. The van der Waals surface area contributed by atoms with Gasteiger partial charge in [0.1, 0.15) is 0 Å². The molecule has 0 saturated heterocycles. The van der Waals surface area contributed by atoms with Gasteiger partial charge >= 0.3 is 0 Å². The number of hydrogen-bond acceptors (Lipinski definition) is 3. The third-order valence-electron chi connectivity index (χ3n) is 1.11. The topological polar surface area (TPSA) is 70.8 Å². The van der Waals surface area contributed by atoms with Crippen LogP contribution in [0.1, 0.15) is 0 Å². The summed E-state index contributed by atoms with van der Waals surface area (Å²) >= 11 is 0. The van der Waals surface area contributed by atoms with Crippen molar-refractivity contribution in [3.05, 3.63) is 18.3 Å². The normalized spacial score (nSPS) is 11.4. The van der Waals surface area contributed by atoms with E-state index in [1.807, 2.05) is 0 Å². The Morgan fingerprint density at radius 2 is 2.18 bits per heavy atom. The number of aromatic nitrogens is 1. The maximum Gasteiger partial charge on any atom is 0.192 e. The molecule has 0 spiro atoms. The molecule has 0 bridgehead atoms. The van der Waals surface area contributed by atoms with Crippen molar-refractivity contribution in [2.24, 2.45) is 0 Å². The highest BCUT2D eigenvalue weighted by atomic mass is 32.2. The first kappa shape index (κ1) is 8.00. The minimum absolute atomic E-state index is 0.0509. The SMILES string of the molecule is CS(=O)(=O)c1cc([NH])ccn1. The molecule has 0 aliphatic rings. The molecular weight excluding hydrogens is 164 g/mol. The Labute approximate surface area is 65.0 Å². The van der Waals surface area contributed by atoms with Crippen LogP contribution in [0, 0.1) is 0 Å². The van der Waals surface area contributed by atoms with Crippen molar-refractivity contribution in [2.45, 2.75) is 5.03 Å². The van der Waals surface area contributed by atoms with E-state index in [2.05, 4.69) is 4.98 Å². The lowest BCUT2D eigenvalue weighted by Crippen LogP contribution is -1.99. The summed E-state index contributed by atoms with van der Waals surface area (Å²) in [5.41, 5.74) is 7.26. The molecule has 0 unspecified atom stereocenters. The first-order chi connectivity index (χ1) is 5.00. The minimum atomic E-state index is -3.26. The van der Waals surface area contributed by atoms with Crippen LogP contribution in [0.25, 0.3) is 0 Å². The van der Waals surface area contributed by atoms with E-state index in [0.29, 0.717) is 0 Å².